The minimum Gasteiger partial charge on any atom is -0.367 e. The fraction of sp³-hybridized carbons (Fsp3) is 0.571. The van der Waals surface area contributed by atoms with Crippen LogP contribution in [0.1, 0.15) is 49.9 Å². The molecule has 0 aliphatic heterocycles. The zero-order valence-electron chi connectivity index (χ0n) is 11.0. The van der Waals surface area contributed by atoms with Crippen molar-refractivity contribution in [2.45, 2.75) is 45.6 Å². The van der Waals surface area contributed by atoms with Gasteiger partial charge in [-0.2, -0.15) is 0 Å². The Bertz CT molecular complexity index is 491. The summed E-state index contributed by atoms with van der Waals surface area (Å²) in [6, 6.07) is 1.53. The molecule has 1 heterocycles. The molecule has 4 nitrogen and oxygen atoms in total. The molecule has 0 bridgehead atoms. The number of nitrogens with one attached hydrogen (secondary N) is 2. The average Bonchev–Trinajstić information content (AvgIpc) is 2.32. The van der Waals surface area contributed by atoms with E-state index in [2.05, 4.69) is 24.1 Å². The lowest BCUT2D eigenvalue weighted by Gasteiger charge is -2.39. The number of aromatic nitrogens is 1. The number of amides is 1. The third-order valence-electron chi connectivity index (χ3n) is 3.88. The van der Waals surface area contributed by atoms with Crippen LogP contribution in [0.3, 0.4) is 0 Å². The Hall–Kier alpha value is -1.58. The smallest absolute Gasteiger partial charge is 0.256 e. The van der Waals surface area contributed by atoms with Crippen LogP contribution in [0.4, 0.5) is 0 Å². The molecule has 1 saturated carbocycles. The van der Waals surface area contributed by atoms with Gasteiger partial charge in [-0.15, -0.1) is 0 Å². The molecule has 0 aromatic carbocycles. The first-order valence-electron chi connectivity index (χ1n) is 6.49. The molecule has 1 amide bonds. The number of pyridine rings is 1. The minimum absolute atomic E-state index is 0.107. The number of rotatable bonds is 2. The SMILES string of the molecule is CC1(C)CCCCC1NC(=O)c1c[nH]ccc1=O. The molecule has 4 heteroatoms. The van der Waals surface area contributed by atoms with Gasteiger partial charge >= 0.3 is 0 Å². The largest absolute Gasteiger partial charge is 0.367 e. The summed E-state index contributed by atoms with van der Waals surface area (Å²) in [6.45, 7) is 4.35. The van der Waals surface area contributed by atoms with Crippen LogP contribution in [0.15, 0.2) is 23.3 Å². The molecule has 1 atom stereocenters. The van der Waals surface area contributed by atoms with Gasteiger partial charge in [0.1, 0.15) is 5.56 Å². The number of hydrogen-bond donors (Lipinski definition) is 2. The van der Waals surface area contributed by atoms with E-state index in [4.69, 9.17) is 0 Å². The maximum absolute atomic E-state index is 12.1. The molecule has 1 aliphatic carbocycles. The van der Waals surface area contributed by atoms with Crippen LogP contribution in [0, 0.1) is 5.41 Å². The van der Waals surface area contributed by atoms with Crippen LogP contribution in [-0.4, -0.2) is 16.9 Å². The van der Waals surface area contributed by atoms with Gasteiger partial charge < -0.3 is 10.3 Å². The van der Waals surface area contributed by atoms with E-state index < -0.39 is 0 Å². The number of aromatic amines is 1. The van der Waals surface area contributed by atoms with E-state index in [9.17, 15) is 9.59 Å². The van der Waals surface area contributed by atoms with Crippen molar-refractivity contribution in [3.63, 3.8) is 0 Å². The highest BCUT2D eigenvalue weighted by atomic mass is 16.2. The van der Waals surface area contributed by atoms with Crippen molar-refractivity contribution >= 4 is 5.91 Å². The van der Waals surface area contributed by atoms with Gasteiger partial charge in [0.15, 0.2) is 5.43 Å². The summed E-state index contributed by atoms with van der Waals surface area (Å²) in [7, 11) is 0. The Balaban J connectivity index is 2.12. The van der Waals surface area contributed by atoms with Crippen molar-refractivity contribution in [2.75, 3.05) is 0 Å². The Kier molecular flexibility index (Phi) is 3.55. The maximum atomic E-state index is 12.1. The zero-order valence-corrected chi connectivity index (χ0v) is 11.0. The number of hydrogen-bond acceptors (Lipinski definition) is 2. The lowest BCUT2D eigenvalue weighted by Crippen LogP contribution is -2.47. The van der Waals surface area contributed by atoms with E-state index in [0.29, 0.717) is 0 Å². The van der Waals surface area contributed by atoms with E-state index in [1.54, 1.807) is 0 Å². The highest BCUT2D eigenvalue weighted by Crippen LogP contribution is 2.35. The first kappa shape index (κ1) is 12.9. The molecule has 1 fully saturated rings. The second kappa shape index (κ2) is 4.96. The minimum atomic E-state index is -0.267. The standard InChI is InChI=1S/C14H20N2O2/c1-14(2)7-4-3-5-12(14)16-13(18)10-9-15-8-6-11(10)17/h6,8-9,12H,3-5,7H2,1-2H3,(H,15,17)(H,16,18). The molecule has 1 aromatic rings. The highest BCUT2D eigenvalue weighted by Gasteiger charge is 2.33. The first-order valence-corrected chi connectivity index (χ1v) is 6.49. The van der Waals surface area contributed by atoms with Gasteiger partial charge in [0.05, 0.1) is 0 Å². The summed E-state index contributed by atoms with van der Waals surface area (Å²) in [4.78, 5) is 26.5. The number of carbonyl (C=O) groups excluding carboxylic acids is 1. The van der Waals surface area contributed by atoms with Crippen LogP contribution < -0.4 is 10.7 Å². The van der Waals surface area contributed by atoms with Crippen LogP contribution >= 0.6 is 0 Å². The van der Waals surface area contributed by atoms with E-state index in [-0.39, 0.29) is 28.4 Å². The lowest BCUT2D eigenvalue weighted by molar-refractivity contribution is 0.0852. The summed E-state index contributed by atoms with van der Waals surface area (Å²) < 4.78 is 0. The normalized spacial score (nSPS) is 22.4. The average molecular weight is 248 g/mol. The van der Waals surface area contributed by atoms with Gasteiger partial charge in [-0.05, 0) is 18.3 Å². The summed E-state index contributed by atoms with van der Waals surface area (Å²) in [5, 5.41) is 3.01. The second-order valence-electron chi connectivity index (χ2n) is 5.68. The van der Waals surface area contributed by atoms with Gasteiger partial charge in [0.2, 0.25) is 0 Å². The summed E-state index contributed by atoms with van der Waals surface area (Å²) >= 11 is 0. The van der Waals surface area contributed by atoms with Crippen molar-refractivity contribution < 1.29 is 4.79 Å². The van der Waals surface area contributed by atoms with Crippen molar-refractivity contribution in [2.24, 2.45) is 5.41 Å². The van der Waals surface area contributed by atoms with Gasteiger partial charge in [-0.25, -0.2) is 0 Å². The van der Waals surface area contributed by atoms with E-state index in [0.717, 1.165) is 19.3 Å². The highest BCUT2D eigenvalue weighted by molar-refractivity contribution is 5.93. The molecule has 0 spiro atoms. The fourth-order valence-electron chi connectivity index (χ4n) is 2.59. The quantitative estimate of drug-likeness (QED) is 0.841. The summed E-state index contributed by atoms with van der Waals surface area (Å²) in [5.41, 5.74) is 0.0638. The van der Waals surface area contributed by atoms with Crippen LogP contribution in [0.2, 0.25) is 0 Å². The molecular formula is C14H20N2O2. The Morgan fingerprint density at radius 3 is 2.89 bits per heavy atom. The molecule has 2 rings (SSSR count). The molecule has 1 aliphatic rings. The molecule has 18 heavy (non-hydrogen) atoms. The predicted octanol–water partition coefficient (Wildman–Crippen LogP) is 2.07. The second-order valence-corrected chi connectivity index (χ2v) is 5.68. The monoisotopic (exact) mass is 248 g/mol. The Labute approximate surface area is 107 Å². The summed E-state index contributed by atoms with van der Waals surface area (Å²) in [6.07, 6.45) is 7.45. The van der Waals surface area contributed by atoms with Crippen molar-refractivity contribution in [1.82, 2.24) is 10.3 Å². The Morgan fingerprint density at radius 2 is 2.22 bits per heavy atom. The molecule has 98 valence electrons. The van der Waals surface area contributed by atoms with Crippen LogP contribution in [0.25, 0.3) is 0 Å². The van der Waals surface area contributed by atoms with Gasteiger partial charge in [-0.3, -0.25) is 9.59 Å². The van der Waals surface area contributed by atoms with Crippen LogP contribution in [-0.2, 0) is 0 Å². The van der Waals surface area contributed by atoms with Crippen molar-refractivity contribution in [3.05, 3.63) is 34.2 Å². The summed E-state index contributed by atoms with van der Waals surface area (Å²) in [5.74, 6) is -0.267. The van der Waals surface area contributed by atoms with E-state index in [1.807, 2.05) is 0 Å². The number of carbonyl (C=O) groups is 1. The lowest BCUT2D eigenvalue weighted by atomic mass is 9.73. The van der Waals surface area contributed by atoms with Crippen molar-refractivity contribution in [3.8, 4) is 0 Å². The molecule has 2 N–H and O–H groups in total. The van der Waals surface area contributed by atoms with Gasteiger partial charge in [0.25, 0.3) is 5.91 Å². The molecule has 1 aromatic heterocycles. The fourth-order valence-corrected chi connectivity index (χ4v) is 2.59. The molecule has 0 radical (unpaired) electrons. The molecule has 0 saturated heterocycles. The van der Waals surface area contributed by atoms with Crippen LogP contribution in [0.5, 0.6) is 0 Å². The Morgan fingerprint density at radius 1 is 1.44 bits per heavy atom. The zero-order chi connectivity index (χ0) is 13.2. The van der Waals surface area contributed by atoms with Gasteiger partial charge in [-0.1, -0.05) is 26.7 Å². The van der Waals surface area contributed by atoms with Crippen molar-refractivity contribution in [1.29, 1.82) is 0 Å². The van der Waals surface area contributed by atoms with E-state index >= 15 is 0 Å². The third kappa shape index (κ3) is 2.63. The third-order valence-corrected chi connectivity index (χ3v) is 3.88. The van der Waals surface area contributed by atoms with Gasteiger partial charge in [0, 0.05) is 24.5 Å². The maximum Gasteiger partial charge on any atom is 0.256 e. The molecule has 1 unspecified atom stereocenters. The number of H-pyrrole nitrogens is 1. The predicted molar refractivity (Wildman–Crippen MR) is 70.6 cm³/mol. The molecular weight excluding hydrogens is 228 g/mol. The first-order chi connectivity index (χ1) is 8.50. The topological polar surface area (TPSA) is 62.0 Å². The van der Waals surface area contributed by atoms with E-state index in [1.165, 1.54) is 24.9 Å².